The minimum atomic E-state index is 0.100. The Balaban J connectivity index is 1.63. The fourth-order valence-corrected chi connectivity index (χ4v) is 1.77. The van der Waals surface area contributed by atoms with Crippen molar-refractivity contribution in [1.82, 2.24) is 10.6 Å². The average Bonchev–Trinajstić information content (AvgIpc) is 3.19. The van der Waals surface area contributed by atoms with Crippen LogP contribution in [0.2, 0.25) is 0 Å². The molecule has 0 spiro atoms. The van der Waals surface area contributed by atoms with Crippen LogP contribution >= 0.6 is 0 Å². The average molecular weight is 248 g/mol. The largest absolute Gasteiger partial charge is 0.497 e. The van der Waals surface area contributed by atoms with Gasteiger partial charge in [-0.3, -0.25) is 4.79 Å². The maximum atomic E-state index is 11.4. The maximum absolute atomic E-state index is 11.4. The van der Waals surface area contributed by atoms with E-state index in [-0.39, 0.29) is 5.91 Å². The molecule has 1 fully saturated rings. The van der Waals surface area contributed by atoms with Crippen molar-refractivity contribution in [2.45, 2.75) is 25.3 Å². The molecule has 1 aromatic carbocycles. The van der Waals surface area contributed by atoms with E-state index in [1.807, 2.05) is 18.2 Å². The molecule has 0 unspecified atom stereocenters. The van der Waals surface area contributed by atoms with Gasteiger partial charge in [0.25, 0.3) is 0 Å². The first-order valence-electron chi connectivity index (χ1n) is 6.41. The van der Waals surface area contributed by atoms with Crippen LogP contribution in [0.3, 0.4) is 0 Å². The molecular weight excluding hydrogens is 228 g/mol. The first-order valence-corrected chi connectivity index (χ1v) is 6.41. The Morgan fingerprint density at radius 2 is 2.28 bits per heavy atom. The van der Waals surface area contributed by atoms with Crippen molar-refractivity contribution in [3.05, 3.63) is 29.8 Å². The van der Waals surface area contributed by atoms with Gasteiger partial charge in [-0.05, 0) is 43.5 Å². The van der Waals surface area contributed by atoms with Gasteiger partial charge in [0, 0.05) is 6.04 Å². The summed E-state index contributed by atoms with van der Waals surface area (Å²) in [5.74, 6) is 0.974. The lowest BCUT2D eigenvalue weighted by Crippen LogP contribution is -2.35. The number of carbonyl (C=O) groups excluding carboxylic acids is 1. The molecule has 1 aliphatic carbocycles. The fraction of sp³-hybridized carbons (Fsp3) is 0.500. The summed E-state index contributed by atoms with van der Waals surface area (Å²) in [5, 5.41) is 6.10. The summed E-state index contributed by atoms with van der Waals surface area (Å²) < 4.78 is 5.17. The molecule has 0 radical (unpaired) electrons. The molecular formula is C14H20N2O2. The molecule has 2 N–H and O–H groups in total. The normalized spacial score (nSPS) is 14.3. The molecule has 98 valence electrons. The summed E-state index contributed by atoms with van der Waals surface area (Å²) in [7, 11) is 1.67. The summed E-state index contributed by atoms with van der Waals surface area (Å²) in [6.45, 7) is 1.20. The minimum Gasteiger partial charge on any atom is -0.497 e. The van der Waals surface area contributed by atoms with Crippen molar-refractivity contribution >= 4 is 5.91 Å². The molecule has 0 heterocycles. The summed E-state index contributed by atoms with van der Waals surface area (Å²) in [6.07, 6.45) is 3.17. The van der Waals surface area contributed by atoms with Gasteiger partial charge in [-0.15, -0.1) is 0 Å². The molecule has 18 heavy (non-hydrogen) atoms. The van der Waals surface area contributed by atoms with E-state index >= 15 is 0 Å². The van der Waals surface area contributed by atoms with E-state index in [0.29, 0.717) is 12.6 Å². The number of hydrogen-bond donors (Lipinski definition) is 2. The highest BCUT2D eigenvalue weighted by molar-refractivity contribution is 5.78. The minimum absolute atomic E-state index is 0.100. The zero-order valence-electron chi connectivity index (χ0n) is 10.7. The number of methoxy groups -OCH3 is 1. The van der Waals surface area contributed by atoms with Gasteiger partial charge in [0.15, 0.2) is 0 Å². The molecule has 0 aromatic heterocycles. The Labute approximate surface area is 108 Å². The Morgan fingerprint density at radius 3 is 3.00 bits per heavy atom. The van der Waals surface area contributed by atoms with E-state index in [2.05, 4.69) is 16.7 Å². The second-order valence-electron chi connectivity index (χ2n) is 4.62. The quantitative estimate of drug-likeness (QED) is 0.711. The number of amides is 1. The van der Waals surface area contributed by atoms with Crippen LogP contribution in [0, 0.1) is 0 Å². The van der Waals surface area contributed by atoms with E-state index < -0.39 is 0 Å². The van der Waals surface area contributed by atoms with E-state index in [0.717, 1.165) is 31.6 Å². The van der Waals surface area contributed by atoms with Crippen LogP contribution in [-0.2, 0) is 11.2 Å². The monoisotopic (exact) mass is 248 g/mol. The lowest BCUT2D eigenvalue weighted by Gasteiger charge is -2.07. The van der Waals surface area contributed by atoms with Crippen molar-refractivity contribution in [2.24, 2.45) is 0 Å². The molecule has 1 saturated carbocycles. The fourth-order valence-electron chi connectivity index (χ4n) is 1.77. The van der Waals surface area contributed by atoms with Gasteiger partial charge in [0.05, 0.1) is 13.7 Å². The number of carbonyl (C=O) groups is 1. The summed E-state index contributed by atoms with van der Waals surface area (Å²) in [6, 6.07) is 8.44. The first-order chi connectivity index (χ1) is 8.78. The van der Waals surface area contributed by atoms with Crippen LogP contribution in [0.5, 0.6) is 5.75 Å². The van der Waals surface area contributed by atoms with E-state index in [1.165, 1.54) is 5.56 Å². The maximum Gasteiger partial charge on any atom is 0.234 e. The lowest BCUT2D eigenvalue weighted by atomic mass is 10.1. The molecule has 2 rings (SSSR count). The SMILES string of the molecule is COc1cccc(CCNCC(=O)NC2CC2)c1. The van der Waals surface area contributed by atoms with Crippen LogP contribution < -0.4 is 15.4 Å². The molecule has 1 amide bonds. The second kappa shape index (κ2) is 6.40. The molecule has 0 aliphatic heterocycles. The first kappa shape index (κ1) is 12.9. The lowest BCUT2D eigenvalue weighted by molar-refractivity contribution is -0.120. The summed E-state index contributed by atoms with van der Waals surface area (Å²) in [5.41, 5.74) is 1.21. The topological polar surface area (TPSA) is 50.4 Å². The van der Waals surface area contributed by atoms with Crippen LogP contribution in [-0.4, -0.2) is 32.1 Å². The van der Waals surface area contributed by atoms with Gasteiger partial charge in [-0.25, -0.2) is 0 Å². The van der Waals surface area contributed by atoms with E-state index in [9.17, 15) is 4.79 Å². The number of ether oxygens (including phenoxy) is 1. The molecule has 0 saturated heterocycles. The molecule has 4 nitrogen and oxygen atoms in total. The Morgan fingerprint density at radius 1 is 1.44 bits per heavy atom. The van der Waals surface area contributed by atoms with Gasteiger partial charge in [-0.1, -0.05) is 12.1 Å². The van der Waals surface area contributed by atoms with Gasteiger partial charge in [0.1, 0.15) is 5.75 Å². The number of hydrogen-bond acceptors (Lipinski definition) is 3. The highest BCUT2D eigenvalue weighted by atomic mass is 16.5. The number of benzene rings is 1. The van der Waals surface area contributed by atoms with Crippen LogP contribution in [0.1, 0.15) is 18.4 Å². The summed E-state index contributed by atoms with van der Waals surface area (Å²) in [4.78, 5) is 11.4. The molecule has 0 atom stereocenters. The third kappa shape index (κ3) is 4.37. The van der Waals surface area contributed by atoms with E-state index in [1.54, 1.807) is 7.11 Å². The third-order valence-electron chi connectivity index (χ3n) is 2.95. The molecule has 1 aromatic rings. The number of rotatable bonds is 7. The highest BCUT2D eigenvalue weighted by Gasteiger charge is 2.22. The van der Waals surface area contributed by atoms with E-state index in [4.69, 9.17) is 4.74 Å². The Hall–Kier alpha value is -1.55. The highest BCUT2D eigenvalue weighted by Crippen LogP contribution is 2.18. The number of nitrogens with one attached hydrogen (secondary N) is 2. The van der Waals surface area contributed by atoms with Crippen molar-refractivity contribution in [2.75, 3.05) is 20.2 Å². The predicted octanol–water partition coefficient (Wildman–Crippen LogP) is 1.11. The molecule has 4 heteroatoms. The standard InChI is InChI=1S/C14H20N2O2/c1-18-13-4-2-3-11(9-13)7-8-15-10-14(17)16-12-5-6-12/h2-4,9,12,15H,5-8,10H2,1H3,(H,16,17). The van der Waals surface area contributed by atoms with Gasteiger partial charge in [0.2, 0.25) is 5.91 Å². The van der Waals surface area contributed by atoms with Crippen LogP contribution in [0.4, 0.5) is 0 Å². The van der Waals surface area contributed by atoms with Crippen molar-refractivity contribution in [3.63, 3.8) is 0 Å². The second-order valence-corrected chi connectivity index (χ2v) is 4.62. The van der Waals surface area contributed by atoms with Gasteiger partial charge in [-0.2, -0.15) is 0 Å². The molecule has 1 aliphatic rings. The van der Waals surface area contributed by atoms with Crippen molar-refractivity contribution in [1.29, 1.82) is 0 Å². The molecule has 0 bridgehead atoms. The Kier molecular flexibility index (Phi) is 4.59. The van der Waals surface area contributed by atoms with Gasteiger partial charge >= 0.3 is 0 Å². The van der Waals surface area contributed by atoms with Crippen molar-refractivity contribution in [3.8, 4) is 5.75 Å². The van der Waals surface area contributed by atoms with Crippen LogP contribution in [0.25, 0.3) is 0 Å². The third-order valence-corrected chi connectivity index (χ3v) is 2.95. The predicted molar refractivity (Wildman–Crippen MR) is 70.7 cm³/mol. The smallest absolute Gasteiger partial charge is 0.234 e. The Bertz CT molecular complexity index is 403. The van der Waals surface area contributed by atoms with Crippen LogP contribution in [0.15, 0.2) is 24.3 Å². The zero-order chi connectivity index (χ0) is 12.8. The van der Waals surface area contributed by atoms with Crippen molar-refractivity contribution < 1.29 is 9.53 Å². The van der Waals surface area contributed by atoms with Gasteiger partial charge < -0.3 is 15.4 Å². The summed E-state index contributed by atoms with van der Waals surface area (Å²) >= 11 is 0. The zero-order valence-corrected chi connectivity index (χ0v) is 10.7.